The number of rotatable bonds is 0. The van der Waals surface area contributed by atoms with Crippen molar-refractivity contribution >= 4 is 0 Å². The highest BCUT2D eigenvalue weighted by Crippen LogP contribution is 2.17. The van der Waals surface area contributed by atoms with Crippen molar-refractivity contribution in [2.75, 3.05) is 0 Å². The van der Waals surface area contributed by atoms with Gasteiger partial charge >= 0.3 is 0 Å². The predicted molar refractivity (Wildman–Crippen MR) is 59.2 cm³/mol. The molecular formula is C13H11F3O. The average molecular weight is 240 g/mol. The number of aryl methyl sites for hydroxylation is 1. The van der Waals surface area contributed by atoms with E-state index in [1.807, 2.05) is 18.2 Å². The Labute approximate surface area is 97.2 Å². The van der Waals surface area contributed by atoms with E-state index < -0.39 is 23.2 Å². The third-order valence-electron chi connectivity index (χ3n) is 1.91. The smallest absolute Gasteiger partial charge is 0.194 e. The van der Waals surface area contributed by atoms with E-state index in [-0.39, 0.29) is 0 Å². The van der Waals surface area contributed by atoms with Gasteiger partial charge in [0.2, 0.25) is 0 Å². The van der Waals surface area contributed by atoms with Crippen molar-refractivity contribution in [3.8, 4) is 5.75 Å². The maximum atomic E-state index is 12.1. The Morgan fingerprint density at radius 2 is 1.35 bits per heavy atom. The Morgan fingerprint density at radius 3 is 1.71 bits per heavy atom. The van der Waals surface area contributed by atoms with Crippen molar-refractivity contribution in [2.45, 2.75) is 6.92 Å². The van der Waals surface area contributed by atoms with Crippen LogP contribution in [0.15, 0.2) is 42.5 Å². The fraction of sp³-hybridized carbons (Fsp3) is 0.0769. The molecule has 0 unspecified atom stereocenters. The molecule has 0 radical (unpaired) electrons. The monoisotopic (exact) mass is 240 g/mol. The lowest BCUT2D eigenvalue weighted by Crippen LogP contribution is -1.88. The summed E-state index contributed by atoms with van der Waals surface area (Å²) in [6.45, 7) is 2.08. The standard InChI is InChI=1S/C7H8.C6H3F3O/c1-7-5-3-2-4-6-7;7-4-1-3(10)2-5(8)6(4)9/h2-6H,1H3;1-2,10H. The molecule has 4 heteroatoms. The molecule has 0 aromatic heterocycles. The highest BCUT2D eigenvalue weighted by atomic mass is 19.2. The van der Waals surface area contributed by atoms with Crippen LogP contribution < -0.4 is 0 Å². The van der Waals surface area contributed by atoms with Gasteiger partial charge in [0.25, 0.3) is 0 Å². The summed E-state index contributed by atoms with van der Waals surface area (Å²) in [6.07, 6.45) is 0. The van der Waals surface area contributed by atoms with Gasteiger partial charge in [-0.05, 0) is 6.92 Å². The van der Waals surface area contributed by atoms with Gasteiger partial charge in [0, 0.05) is 12.1 Å². The minimum atomic E-state index is -1.57. The van der Waals surface area contributed by atoms with E-state index in [0.29, 0.717) is 12.1 Å². The summed E-state index contributed by atoms with van der Waals surface area (Å²) < 4.78 is 36.2. The van der Waals surface area contributed by atoms with E-state index in [1.54, 1.807) is 0 Å². The second-order valence-corrected chi connectivity index (χ2v) is 3.38. The zero-order valence-corrected chi connectivity index (χ0v) is 9.12. The molecule has 0 amide bonds. The molecule has 2 rings (SSSR count). The second kappa shape index (κ2) is 5.94. The van der Waals surface area contributed by atoms with Crippen LogP contribution in [0.2, 0.25) is 0 Å². The summed E-state index contributed by atoms with van der Waals surface area (Å²) in [5.74, 6) is -4.98. The summed E-state index contributed by atoms with van der Waals surface area (Å²) in [5, 5.41) is 8.47. The van der Waals surface area contributed by atoms with Crippen LogP contribution >= 0.6 is 0 Å². The predicted octanol–water partition coefficient (Wildman–Crippen LogP) is 3.80. The zero-order chi connectivity index (χ0) is 12.8. The van der Waals surface area contributed by atoms with Crippen LogP contribution in [0.1, 0.15) is 5.56 Å². The molecule has 0 saturated carbocycles. The summed E-state index contributed by atoms with van der Waals surface area (Å²) in [5.41, 5.74) is 1.32. The Balaban J connectivity index is 0.000000181. The zero-order valence-electron chi connectivity index (χ0n) is 9.12. The van der Waals surface area contributed by atoms with Crippen LogP contribution in [0.5, 0.6) is 5.75 Å². The summed E-state index contributed by atoms with van der Waals surface area (Å²) in [6, 6.07) is 11.3. The number of phenolic OH excluding ortho intramolecular Hbond substituents is 1. The fourth-order valence-corrected chi connectivity index (χ4v) is 1.08. The first kappa shape index (κ1) is 13.1. The Morgan fingerprint density at radius 1 is 0.882 bits per heavy atom. The summed E-state index contributed by atoms with van der Waals surface area (Å²) in [4.78, 5) is 0. The lowest BCUT2D eigenvalue weighted by atomic mass is 10.2. The maximum absolute atomic E-state index is 12.1. The third-order valence-corrected chi connectivity index (χ3v) is 1.91. The van der Waals surface area contributed by atoms with Gasteiger partial charge in [0.1, 0.15) is 5.75 Å². The first-order chi connectivity index (χ1) is 8.00. The number of hydrogen-bond acceptors (Lipinski definition) is 1. The van der Waals surface area contributed by atoms with Crippen LogP contribution in [-0.2, 0) is 0 Å². The van der Waals surface area contributed by atoms with Gasteiger partial charge in [-0.1, -0.05) is 35.9 Å². The lowest BCUT2D eigenvalue weighted by molar-refractivity contribution is 0.419. The molecule has 0 fully saturated rings. The van der Waals surface area contributed by atoms with E-state index >= 15 is 0 Å². The molecule has 2 aromatic rings. The van der Waals surface area contributed by atoms with E-state index in [9.17, 15) is 13.2 Å². The molecule has 0 bridgehead atoms. The first-order valence-corrected chi connectivity index (χ1v) is 4.86. The molecule has 0 aliphatic carbocycles. The van der Waals surface area contributed by atoms with Gasteiger partial charge < -0.3 is 5.11 Å². The van der Waals surface area contributed by atoms with Crippen LogP contribution in [0.4, 0.5) is 13.2 Å². The summed E-state index contributed by atoms with van der Waals surface area (Å²) >= 11 is 0. The molecule has 1 N–H and O–H groups in total. The lowest BCUT2D eigenvalue weighted by Gasteiger charge is -1.94. The molecule has 90 valence electrons. The van der Waals surface area contributed by atoms with Gasteiger partial charge in [-0.2, -0.15) is 0 Å². The minimum Gasteiger partial charge on any atom is -0.508 e. The highest BCUT2D eigenvalue weighted by molar-refractivity contribution is 5.23. The molecule has 2 aromatic carbocycles. The Kier molecular flexibility index (Phi) is 4.57. The number of phenols is 1. The van der Waals surface area contributed by atoms with Crippen molar-refractivity contribution in [1.82, 2.24) is 0 Å². The van der Waals surface area contributed by atoms with Crippen LogP contribution in [0.3, 0.4) is 0 Å². The molecule has 17 heavy (non-hydrogen) atoms. The maximum Gasteiger partial charge on any atom is 0.194 e. The van der Waals surface area contributed by atoms with E-state index in [0.717, 1.165) is 0 Å². The minimum absolute atomic E-state index is 0.498. The first-order valence-electron chi connectivity index (χ1n) is 4.86. The number of hydrogen-bond donors (Lipinski definition) is 1. The SMILES string of the molecule is Cc1ccccc1.Oc1cc(F)c(F)c(F)c1. The Hall–Kier alpha value is -1.97. The largest absolute Gasteiger partial charge is 0.508 e. The van der Waals surface area contributed by atoms with E-state index in [2.05, 4.69) is 19.1 Å². The summed E-state index contributed by atoms with van der Waals surface area (Å²) in [7, 11) is 0. The molecular weight excluding hydrogens is 229 g/mol. The molecule has 0 saturated heterocycles. The van der Waals surface area contributed by atoms with Crippen molar-refractivity contribution in [3.63, 3.8) is 0 Å². The molecule has 0 aliphatic heterocycles. The van der Waals surface area contributed by atoms with Crippen molar-refractivity contribution in [1.29, 1.82) is 0 Å². The Bertz CT molecular complexity index is 460. The van der Waals surface area contributed by atoms with Crippen LogP contribution in [0.25, 0.3) is 0 Å². The topological polar surface area (TPSA) is 20.2 Å². The second-order valence-electron chi connectivity index (χ2n) is 3.38. The van der Waals surface area contributed by atoms with Crippen molar-refractivity contribution in [2.24, 2.45) is 0 Å². The number of benzene rings is 2. The van der Waals surface area contributed by atoms with Crippen molar-refractivity contribution in [3.05, 3.63) is 65.5 Å². The van der Waals surface area contributed by atoms with Crippen molar-refractivity contribution < 1.29 is 18.3 Å². The van der Waals surface area contributed by atoms with E-state index in [4.69, 9.17) is 5.11 Å². The molecule has 0 aliphatic rings. The average Bonchev–Trinajstić information content (AvgIpc) is 2.27. The molecule has 0 atom stereocenters. The molecule has 0 spiro atoms. The van der Waals surface area contributed by atoms with Gasteiger partial charge in [0.15, 0.2) is 17.5 Å². The van der Waals surface area contributed by atoms with Crippen LogP contribution in [-0.4, -0.2) is 5.11 Å². The van der Waals surface area contributed by atoms with Gasteiger partial charge in [-0.25, -0.2) is 13.2 Å². The number of aromatic hydroxyl groups is 1. The molecule has 1 nitrogen and oxygen atoms in total. The van der Waals surface area contributed by atoms with Gasteiger partial charge in [0.05, 0.1) is 0 Å². The van der Waals surface area contributed by atoms with Gasteiger partial charge in [-0.15, -0.1) is 0 Å². The molecule has 0 heterocycles. The third kappa shape index (κ3) is 4.18. The highest BCUT2D eigenvalue weighted by Gasteiger charge is 2.08. The quantitative estimate of drug-likeness (QED) is 0.694. The number of halogens is 3. The fourth-order valence-electron chi connectivity index (χ4n) is 1.08. The normalized spacial score (nSPS) is 9.41. The van der Waals surface area contributed by atoms with Crippen LogP contribution in [0, 0.1) is 24.4 Å². The van der Waals surface area contributed by atoms with E-state index in [1.165, 1.54) is 5.56 Å². The van der Waals surface area contributed by atoms with Gasteiger partial charge in [-0.3, -0.25) is 0 Å².